The van der Waals surface area contributed by atoms with Crippen molar-refractivity contribution in [3.8, 4) is 28.6 Å². The van der Waals surface area contributed by atoms with Crippen LogP contribution in [-0.4, -0.2) is 132 Å². The van der Waals surface area contributed by atoms with Gasteiger partial charge >= 0.3 is 6.01 Å². The zero-order valence-electron chi connectivity index (χ0n) is 31.0. The Morgan fingerprint density at radius 2 is 1.87 bits per heavy atom. The van der Waals surface area contributed by atoms with Crippen molar-refractivity contribution in [3.63, 3.8) is 0 Å². The molecule has 54 heavy (non-hydrogen) atoms. The van der Waals surface area contributed by atoms with Gasteiger partial charge in [0.1, 0.15) is 36.5 Å². The van der Waals surface area contributed by atoms with E-state index >= 15 is 13.2 Å². The third kappa shape index (κ3) is 5.59. The highest BCUT2D eigenvalue weighted by atomic mass is 19.1. The largest absolute Gasteiger partial charge is 0.508 e. The molecule has 6 aliphatic rings. The molecule has 286 valence electrons. The van der Waals surface area contributed by atoms with Gasteiger partial charge in [-0.2, -0.15) is 9.97 Å². The van der Waals surface area contributed by atoms with Crippen molar-refractivity contribution in [1.29, 1.82) is 0 Å². The Morgan fingerprint density at radius 3 is 2.70 bits per heavy atom. The van der Waals surface area contributed by atoms with Gasteiger partial charge in [-0.3, -0.25) is 4.90 Å². The van der Waals surface area contributed by atoms with Crippen molar-refractivity contribution in [3.05, 3.63) is 47.5 Å². The lowest BCUT2D eigenvalue weighted by Crippen LogP contribution is -2.60. The standard InChI is InChI=1S/C41H48F3N7O3/c1-3-24-5-4-6-25-13-28(52)14-29(32(24)25)33-35(43)37-34-38(36(33)44)53-21-31-30-8-7-27(45-30)20-51(31)39(34)47-40(46-37)54-22-41-15-23(18-50(41)19-26(42)16-41)17-49-11-9-48(2)10-12-49/h4-6,13-14,23,26-27,30-31,45,52H,3,7-12,15-22H2,1-2H3/t23-,26-,27?,30?,31?,41-/m1/s1. The van der Waals surface area contributed by atoms with Crippen molar-refractivity contribution in [2.45, 2.75) is 68.9 Å². The number of aromatic nitrogens is 2. The van der Waals surface area contributed by atoms with Crippen LogP contribution in [0.25, 0.3) is 32.8 Å². The number of nitrogens with one attached hydrogen (secondary N) is 1. The fourth-order valence-electron chi connectivity index (χ4n) is 10.7. The van der Waals surface area contributed by atoms with Gasteiger partial charge in [0.25, 0.3) is 0 Å². The van der Waals surface area contributed by atoms with Gasteiger partial charge < -0.3 is 34.6 Å². The molecule has 0 aliphatic carbocycles. The van der Waals surface area contributed by atoms with E-state index < -0.39 is 23.3 Å². The van der Waals surface area contributed by atoms with E-state index in [1.165, 1.54) is 6.07 Å². The fraction of sp³-hybridized carbons (Fsp3) is 0.561. The van der Waals surface area contributed by atoms with E-state index in [0.717, 1.165) is 64.1 Å². The lowest BCUT2D eigenvalue weighted by Gasteiger charge is -2.40. The van der Waals surface area contributed by atoms with Gasteiger partial charge in [0.05, 0.1) is 22.5 Å². The number of aromatic hydroxyl groups is 1. The predicted octanol–water partition coefficient (Wildman–Crippen LogP) is 5.13. The number of alkyl halides is 1. The summed E-state index contributed by atoms with van der Waals surface area (Å²) >= 11 is 0. The zero-order valence-corrected chi connectivity index (χ0v) is 31.0. The third-order valence-electron chi connectivity index (χ3n) is 13.3. The van der Waals surface area contributed by atoms with E-state index in [1.807, 2.05) is 25.1 Å². The van der Waals surface area contributed by atoms with Crippen LogP contribution in [-0.2, 0) is 6.42 Å². The number of ether oxygens (including phenoxy) is 2. The van der Waals surface area contributed by atoms with Crippen LogP contribution in [0.2, 0.25) is 0 Å². The number of benzene rings is 3. The Kier molecular flexibility index (Phi) is 8.39. The van der Waals surface area contributed by atoms with Gasteiger partial charge in [-0.25, -0.2) is 13.2 Å². The second-order valence-corrected chi connectivity index (χ2v) is 16.7. The van der Waals surface area contributed by atoms with Crippen molar-refractivity contribution in [1.82, 2.24) is 30.0 Å². The molecule has 0 radical (unpaired) electrons. The average molecular weight is 744 g/mol. The Bertz CT molecular complexity index is 2130. The lowest BCUT2D eigenvalue weighted by molar-refractivity contribution is 0.107. The molecule has 10 nitrogen and oxygen atoms in total. The maximum absolute atomic E-state index is 17.4. The SMILES string of the molecule is CCc1cccc2cc(O)cc(-c3c(F)c4c5c(nc(OC[C@@]67C[C@@H](F)CN6C[C@@H](CN6CCN(C)CC6)C7)nc5c3F)N3CC5CCC(N5)C3CO4)c12. The Balaban J connectivity index is 1.07. The van der Waals surface area contributed by atoms with Gasteiger partial charge in [0.15, 0.2) is 17.4 Å². The van der Waals surface area contributed by atoms with E-state index in [1.54, 1.807) is 6.07 Å². The summed E-state index contributed by atoms with van der Waals surface area (Å²) in [7, 11) is 2.15. The Morgan fingerprint density at radius 1 is 1.02 bits per heavy atom. The first-order chi connectivity index (χ1) is 26.2. The molecular formula is C41H48F3N7O3. The van der Waals surface area contributed by atoms with Crippen LogP contribution in [0.4, 0.5) is 19.0 Å². The highest BCUT2D eigenvalue weighted by molar-refractivity contribution is 6.05. The van der Waals surface area contributed by atoms with Crippen molar-refractivity contribution < 1.29 is 27.8 Å². The zero-order chi connectivity index (χ0) is 36.9. The first kappa shape index (κ1) is 34.6. The first-order valence-electron chi connectivity index (χ1n) is 19.7. The van der Waals surface area contributed by atoms with Crippen LogP contribution in [0.1, 0.15) is 38.2 Å². The Hall–Kier alpha value is -3.91. The number of piperazine rings is 2. The molecule has 0 amide bonds. The van der Waals surface area contributed by atoms with E-state index in [9.17, 15) is 5.11 Å². The summed E-state index contributed by atoms with van der Waals surface area (Å²) in [5.74, 6) is -1.12. The van der Waals surface area contributed by atoms with Crippen LogP contribution < -0.4 is 19.7 Å². The normalized spacial score (nSPS) is 29.8. The summed E-state index contributed by atoms with van der Waals surface area (Å²) in [5, 5.41) is 16.0. The van der Waals surface area contributed by atoms with Crippen molar-refractivity contribution >= 4 is 27.5 Å². The molecule has 6 atom stereocenters. The molecule has 1 aromatic heterocycles. The maximum Gasteiger partial charge on any atom is 0.319 e. The summed E-state index contributed by atoms with van der Waals surface area (Å²) in [4.78, 5) is 18.9. The third-order valence-corrected chi connectivity index (χ3v) is 13.3. The first-order valence-corrected chi connectivity index (χ1v) is 19.7. The molecule has 3 aromatic carbocycles. The molecule has 5 saturated heterocycles. The van der Waals surface area contributed by atoms with Gasteiger partial charge in [0.2, 0.25) is 0 Å². The monoisotopic (exact) mass is 743 g/mol. The number of nitrogens with zero attached hydrogens (tertiary/aromatic N) is 6. The predicted molar refractivity (Wildman–Crippen MR) is 201 cm³/mol. The quantitative estimate of drug-likeness (QED) is 0.266. The molecule has 6 aliphatic heterocycles. The minimum Gasteiger partial charge on any atom is -0.508 e. The molecule has 0 spiro atoms. The van der Waals surface area contributed by atoms with E-state index in [4.69, 9.17) is 19.4 Å². The van der Waals surface area contributed by atoms with Crippen LogP contribution in [0.15, 0.2) is 30.3 Å². The van der Waals surface area contributed by atoms with Gasteiger partial charge in [-0.05, 0) is 72.7 Å². The highest BCUT2D eigenvalue weighted by Crippen LogP contribution is 2.49. The van der Waals surface area contributed by atoms with Crippen LogP contribution in [0.5, 0.6) is 17.5 Å². The maximum atomic E-state index is 17.4. The summed E-state index contributed by atoms with van der Waals surface area (Å²) in [6, 6.07) is 8.81. The topological polar surface area (TPSA) is 89.5 Å². The number of phenolic OH excluding ortho intramolecular Hbond substituents is 1. The summed E-state index contributed by atoms with van der Waals surface area (Å²) in [6.07, 6.45) is 2.77. The van der Waals surface area contributed by atoms with Crippen LogP contribution in [0.3, 0.4) is 0 Å². The molecule has 7 heterocycles. The highest BCUT2D eigenvalue weighted by Gasteiger charge is 2.53. The van der Waals surface area contributed by atoms with Crippen LogP contribution >= 0.6 is 0 Å². The number of hydrogen-bond acceptors (Lipinski definition) is 10. The van der Waals surface area contributed by atoms with Crippen molar-refractivity contribution in [2.75, 3.05) is 77.5 Å². The van der Waals surface area contributed by atoms with E-state index in [2.05, 4.69) is 32.0 Å². The molecular weight excluding hydrogens is 695 g/mol. The minimum absolute atomic E-state index is 0.0133. The molecule has 5 fully saturated rings. The molecule has 10 rings (SSSR count). The molecule has 2 bridgehead atoms. The Labute approximate surface area is 313 Å². The summed E-state index contributed by atoms with van der Waals surface area (Å²) in [5.41, 5.74) is 0.210. The molecule has 13 heteroatoms. The minimum atomic E-state index is -0.953. The molecule has 2 N–H and O–H groups in total. The average Bonchev–Trinajstić information content (AvgIpc) is 3.76. The van der Waals surface area contributed by atoms with E-state index in [-0.39, 0.29) is 70.9 Å². The van der Waals surface area contributed by atoms with Gasteiger partial charge in [-0.1, -0.05) is 25.1 Å². The smallest absolute Gasteiger partial charge is 0.319 e. The second kappa shape index (κ2) is 13.1. The van der Waals surface area contributed by atoms with Gasteiger partial charge in [0, 0.05) is 70.9 Å². The number of aryl methyl sites for hydroxylation is 1. The lowest BCUT2D eigenvalue weighted by atomic mass is 9.90. The van der Waals surface area contributed by atoms with Crippen molar-refractivity contribution in [2.24, 2.45) is 5.92 Å². The van der Waals surface area contributed by atoms with Crippen LogP contribution in [0, 0.1) is 17.6 Å². The molecule has 4 aromatic rings. The number of rotatable bonds is 7. The summed E-state index contributed by atoms with van der Waals surface area (Å²) in [6.45, 7) is 9.24. The number of likely N-dealkylation sites (N-methyl/N-ethyl adjacent to an activating group) is 1. The van der Waals surface area contributed by atoms with Gasteiger partial charge in [-0.15, -0.1) is 0 Å². The molecule has 3 unspecified atom stereocenters. The number of hydrogen-bond donors (Lipinski definition) is 2. The number of anilines is 1. The van der Waals surface area contributed by atoms with E-state index in [0.29, 0.717) is 48.4 Å². The second-order valence-electron chi connectivity index (χ2n) is 16.7. The number of halogens is 3. The fourth-order valence-corrected chi connectivity index (χ4v) is 10.7. The summed E-state index contributed by atoms with van der Waals surface area (Å²) < 4.78 is 62.6. The molecule has 0 saturated carbocycles. The number of fused-ring (bicyclic) bond motifs is 7. The number of phenols is 1.